The summed E-state index contributed by atoms with van der Waals surface area (Å²) < 4.78 is 13.3. The van der Waals surface area contributed by atoms with Gasteiger partial charge in [-0.25, -0.2) is 4.39 Å². The number of halogens is 2. The quantitative estimate of drug-likeness (QED) is 0.876. The van der Waals surface area contributed by atoms with Gasteiger partial charge in [0.1, 0.15) is 11.9 Å². The van der Waals surface area contributed by atoms with Gasteiger partial charge in [-0.05, 0) is 46.6 Å². The maximum Gasteiger partial charge on any atom is 0.325 e. The third-order valence-corrected chi connectivity index (χ3v) is 2.73. The minimum absolute atomic E-state index is 0.273. The molecular formula is C11H13BrFNO2. The first kappa shape index (κ1) is 13.1. The number of carbonyl (C=O) groups is 1. The van der Waals surface area contributed by atoms with Crippen molar-refractivity contribution in [2.45, 2.75) is 19.4 Å². The molecule has 0 aliphatic heterocycles. The van der Waals surface area contributed by atoms with E-state index in [9.17, 15) is 9.18 Å². The molecular weight excluding hydrogens is 277 g/mol. The zero-order valence-electron chi connectivity index (χ0n) is 8.84. The van der Waals surface area contributed by atoms with Crippen molar-refractivity contribution in [2.75, 3.05) is 6.54 Å². The third kappa shape index (κ3) is 3.28. The third-order valence-electron chi connectivity index (χ3n) is 2.12. The van der Waals surface area contributed by atoms with E-state index in [1.165, 1.54) is 18.2 Å². The molecule has 0 heterocycles. The van der Waals surface area contributed by atoms with Crippen LogP contribution in [0.3, 0.4) is 0 Å². The molecule has 1 atom stereocenters. The molecule has 1 aromatic rings. The molecule has 0 amide bonds. The molecule has 88 valence electrons. The summed E-state index contributed by atoms with van der Waals surface area (Å²) in [6.07, 6.45) is 0.839. The SMILES string of the molecule is CCCNC(C(=O)O)c1ccc(F)c(Br)c1. The Balaban J connectivity index is 2.92. The van der Waals surface area contributed by atoms with Gasteiger partial charge in [-0.15, -0.1) is 0 Å². The number of hydrogen-bond acceptors (Lipinski definition) is 2. The number of hydrogen-bond donors (Lipinski definition) is 2. The number of rotatable bonds is 5. The first-order valence-electron chi connectivity index (χ1n) is 4.97. The second-order valence-electron chi connectivity index (χ2n) is 3.40. The van der Waals surface area contributed by atoms with Gasteiger partial charge in [0.05, 0.1) is 4.47 Å². The molecule has 1 aromatic carbocycles. The smallest absolute Gasteiger partial charge is 0.325 e. The van der Waals surface area contributed by atoms with E-state index in [-0.39, 0.29) is 4.47 Å². The summed E-state index contributed by atoms with van der Waals surface area (Å²) in [6, 6.07) is 3.42. The Kier molecular flexibility index (Phi) is 4.89. The standard InChI is InChI=1S/C11H13BrFNO2/c1-2-5-14-10(11(15)16)7-3-4-9(13)8(12)6-7/h3-4,6,10,14H,2,5H2,1H3,(H,15,16). The summed E-state index contributed by atoms with van der Waals surface area (Å²) in [6.45, 7) is 2.55. The van der Waals surface area contributed by atoms with Crippen molar-refractivity contribution in [2.24, 2.45) is 0 Å². The van der Waals surface area contributed by atoms with Gasteiger partial charge in [-0.1, -0.05) is 13.0 Å². The van der Waals surface area contributed by atoms with E-state index in [2.05, 4.69) is 21.2 Å². The van der Waals surface area contributed by atoms with Crippen LogP contribution in [0.5, 0.6) is 0 Å². The Morgan fingerprint density at radius 2 is 2.31 bits per heavy atom. The highest BCUT2D eigenvalue weighted by Gasteiger charge is 2.19. The monoisotopic (exact) mass is 289 g/mol. The summed E-state index contributed by atoms with van der Waals surface area (Å²) in [4.78, 5) is 11.0. The lowest BCUT2D eigenvalue weighted by molar-refractivity contribution is -0.139. The van der Waals surface area contributed by atoms with Crippen molar-refractivity contribution >= 4 is 21.9 Å². The lowest BCUT2D eigenvalue weighted by Crippen LogP contribution is -2.29. The van der Waals surface area contributed by atoms with Gasteiger partial charge in [0.25, 0.3) is 0 Å². The fraction of sp³-hybridized carbons (Fsp3) is 0.364. The highest BCUT2D eigenvalue weighted by molar-refractivity contribution is 9.10. The maximum absolute atomic E-state index is 13.0. The van der Waals surface area contributed by atoms with Crippen LogP contribution in [-0.2, 0) is 4.79 Å². The Bertz CT molecular complexity index is 384. The zero-order valence-corrected chi connectivity index (χ0v) is 10.4. The molecule has 2 N–H and O–H groups in total. The maximum atomic E-state index is 13.0. The number of nitrogens with one attached hydrogen (secondary N) is 1. The lowest BCUT2D eigenvalue weighted by atomic mass is 10.1. The van der Waals surface area contributed by atoms with Crippen LogP contribution < -0.4 is 5.32 Å². The Morgan fingerprint density at radius 3 is 2.81 bits per heavy atom. The molecule has 0 aliphatic rings. The first-order chi connectivity index (χ1) is 7.56. The highest BCUT2D eigenvalue weighted by atomic mass is 79.9. The van der Waals surface area contributed by atoms with Crippen LogP contribution in [-0.4, -0.2) is 17.6 Å². The van der Waals surface area contributed by atoms with E-state index < -0.39 is 17.8 Å². The van der Waals surface area contributed by atoms with Crippen LogP contribution in [0.4, 0.5) is 4.39 Å². The Morgan fingerprint density at radius 1 is 1.62 bits per heavy atom. The second kappa shape index (κ2) is 5.96. The summed E-state index contributed by atoms with van der Waals surface area (Å²) in [5.41, 5.74) is 0.536. The largest absolute Gasteiger partial charge is 0.480 e. The molecule has 0 saturated heterocycles. The van der Waals surface area contributed by atoms with Gasteiger partial charge in [0.2, 0.25) is 0 Å². The van der Waals surface area contributed by atoms with Crippen molar-refractivity contribution in [1.29, 1.82) is 0 Å². The topological polar surface area (TPSA) is 49.3 Å². The Labute approximate surface area is 102 Å². The molecule has 0 bridgehead atoms. The fourth-order valence-corrected chi connectivity index (χ4v) is 1.72. The normalized spacial score (nSPS) is 12.4. The van der Waals surface area contributed by atoms with E-state index >= 15 is 0 Å². The highest BCUT2D eigenvalue weighted by Crippen LogP contribution is 2.21. The van der Waals surface area contributed by atoms with Gasteiger partial charge in [-0.2, -0.15) is 0 Å². The zero-order chi connectivity index (χ0) is 12.1. The minimum Gasteiger partial charge on any atom is -0.480 e. The molecule has 5 heteroatoms. The average molecular weight is 290 g/mol. The molecule has 16 heavy (non-hydrogen) atoms. The van der Waals surface area contributed by atoms with Crippen molar-refractivity contribution in [1.82, 2.24) is 5.32 Å². The number of benzene rings is 1. The molecule has 3 nitrogen and oxygen atoms in total. The lowest BCUT2D eigenvalue weighted by Gasteiger charge is -2.14. The average Bonchev–Trinajstić information content (AvgIpc) is 2.23. The van der Waals surface area contributed by atoms with Crippen LogP contribution in [0.2, 0.25) is 0 Å². The summed E-state index contributed by atoms with van der Waals surface area (Å²) in [5, 5.41) is 11.9. The molecule has 1 rings (SSSR count). The van der Waals surface area contributed by atoms with Gasteiger partial charge in [0.15, 0.2) is 0 Å². The molecule has 0 saturated carbocycles. The van der Waals surface area contributed by atoms with Crippen LogP contribution in [0.1, 0.15) is 24.9 Å². The molecule has 0 aliphatic carbocycles. The van der Waals surface area contributed by atoms with Crippen molar-refractivity contribution < 1.29 is 14.3 Å². The van der Waals surface area contributed by atoms with Crippen molar-refractivity contribution in [3.8, 4) is 0 Å². The van der Waals surface area contributed by atoms with Gasteiger partial charge >= 0.3 is 5.97 Å². The van der Waals surface area contributed by atoms with E-state index in [1.54, 1.807) is 0 Å². The van der Waals surface area contributed by atoms with Crippen molar-refractivity contribution in [3.05, 3.63) is 34.1 Å². The predicted molar refractivity (Wildman–Crippen MR) is 62.8 cm³/mol. The van der Waals surface area contributed by atoms with E-state index in [4.69, 9.17) is 5.11 Å². The first-order valence-corrected chi connectivity index (χ1v) is 5.76. The molecule has 1 unspecified atom stereocenters. The predicted octanol–water partition coefficient (Wildman–Crippen LogP) is 2.71. The van der Waals surface area contributed by atoms with E-state index in [1.807, 2.05) is 6.92 Å². The molecule has 0 aromatic heterocycles. The molecule has 0 fully saturated rings. The van der Waals surface area contributed by atoms with E-state index in [0.717, 1.165) is 6.42 Å². The van der Waals surface area contributed by atoms with Crippen LogP contribution in [0, 0.1) is 5.82 Å². The Hall–Kier alpha value is -0.940. The summed E-state index contributed by atoms with van der Waals surface area (Å²) >= 11 is 3.04. The van der Waals surface area contributed by atoms with Gasteiger partial charge in [-0.3, -0.25) is 4.79 Å². The summed E-state index contributed by atoms with van der Waals surface area (Å²) in [5.74, 6) is -1.37. The van der Waals surface area contributed by atoms with Crippen LogP contribution in [0.25, 0.3) is 0 Å². The summed E-state index contributed by atoms with van der Waals surface area (Å²) in [7, 11) is 0. The number of carboxylic acids is 1. The van der Waals surface area contributed by atoms with Gasteiger partial charge < -0.3 is 10.4 Å². The van der Waals surface area contributed by atoms with E-state index in [0.29, 0.717) is 12.1 Å². The minimum atomic E-state index is -0.966. The fourth-order valence-electron chi connectivity index (χ4n) is 1.33. The van der Waals surface area contributed by atoms with Crippen LogP contribution >= 0.6 is 15.9 Å². The van der Waals surface area contributed by atoms with Gasteiger partial charge in [0, 0.05) is 0 Å². The second-order valence-corrected chi connectivity index (χ2v) is 4.25. The number of aliphatic carboxylic acids is 1. The van der Waals surface area contributed by atoms with Crippen molar-refractivity contribution in [3.63, 3.8) is 0 Å². The number of carboxylic acid groups (broad SMARTS) is 1. The molecule has 0 radical (unpaired) electrons. The van der Waals surface area contributed by atoms with Crippen LogP contribution in [0.15, 0.2) is 22.7 Å². The molecule has 0 spiro atoms.